The number of benzene rings is 2. The van der Waals surface area contributed by atoms with E-state index in [1.807, 2.05) is 44.2 Å². The number of nitrogens with one attached hydrogen (secondary N) is 4. The van der Waals surface area contributed by atoms with E-state index >= 15 is 0 Å². The molecule has 0 radical (unpaired) electrons. The van der Waals surface area contributed by atoms with Crippen molar-refractivity contribution in [1.82, 2.24) is 21.5 Å². The molecule has 29 heavy (non-hydrogen) atoms. The van der Waals surface area contributed by atoms with Gasteiger partial charge in [0.15, 0.2) is 5.11 Å². The van der Waals surface area contributed by atoms with Gasteiger partial charge in [-0.05, 0) is 48.0 Å². The molecule has 7 nitrogen and oxygen atoms in total. The monoisotopic (exact) mass is 414 g/mol. The molecule has 154 valence electrons. The van der Waals surface area contributed by atoms with Crippen LogP contribution in [0, 0.1) is 5.92 Å². The third kappa shape index (κ3) is 7.08. The zero-order valence-corrected chi connectivity index (χ0v) is 17.5. The van der Waals surface area contributed by atoms with E-state index in [0.717, 1.165) is 5.56 Å². The Kier molecular flexibility index (Phi) is 8.42. The lowest BCUT2D eigenvalue weighted by Crippen LogP contribution is -2.55. The first-order valence-corrected chi connectivity index (χ1v) is 9.64. The molecule has 2 aromatic rings. The summed E-state index contributed by atoms with van der Waals surface area (Å²) in [4.78, 5) is 25.0. The van der Waals surface area contributed by atoms with Gasteiger partial charge in [-0.25, -0.2) is 0 Å². The van der Waals surface area contributed by atoms with Gasteiger partial charge in [0.05, 0.1) is 7.11 Å². The highest BCUT2D eigenvalue weighted by atomic mass is 32.1. The first-order valence-electron chi connectivity index (χ1n) is 9.23. The Morgan fingerprint density at radius 1 is 1.00 bits per heavy atom. The lowest BCUT2D eigenvalue weighted by atomic mass is 10.0. The number of ether oxygens (including phenoxy) is 1. The van der Waals surface area contributed by atoms with Gasteiger partial charge in [-0.15, -0.1) is 0 Å². The second kappa shape index (κ2) is 11.0. The third-order valence-corrected chi connectivity index (χ3v) is 4.43. The van der Waals surface area contributed by atoms with Crippen molar-refractivity contribution < 1.29 is 14.3 Å². The van der Waals surface area contributed by atoms with Gasteiger partial charge >= 0.3 is 0 Å². The van der Waals surface area contributed by atoms with Crippen LogP contribution < -0.4 is 26.2 Å². The molecule has 2 aromatic carbocycles. The zero-order valence-electron chi connectivity index (χ0n) is 16.7. The Bertz CT molecular complexity index is 826. The van der Waals surface area contributed by atoms with Crippen LogP contribution in [0.5, 0.6) is 5.75 Å². The molecule has 4 N–H and O–H groups in total. The first-order chi connectivity index (χ1) is 13.9. The number of rotatable bonds is 7. The average molecular weight is 415 g/mol. The molecule has 2 rings (SSSR count). The number of carbonyl (C=O) groups is 2. The van der Waals surface area contributed by atoms with Crippen LogP contribution in [0.2, 0.25) is 0 Å². The molecule has 0 heterocycles. The fourth-order valence-electron chi connectivity index (χ4n) is 2.52. The van der Waals surface area contributed by atoms with Gasteiger partial charge in [0, 0.05) is 12.1 Å². The minimum Gasteiger partial charge on any atom is -0.497 e. The van der Waals surface area contributed by atoms with E-state index in [4.69, 9.17) is 17.0 Å². The summed E-state index contributed by atoms with van der Waals surface area (Å²) in [5, 5.41) is 6.05. The molecule has 0 fully saturated rings. The average Bonchev–Trinajstić information content (AvgIpc) is 2.74. The Morgan fingerprint density at radius 3 is 2.24 bits per heavy atom. The number of hydrazine groups is 1. The number of amides is 2. The van der Waals surface area contributed by atoms with Gasteiger partial charge < -0.3 is 15.4 Å². The fraction of sp³-hybridized carbons (Fsp3) is 0.286. The summed E-state index contributed by atoms with van der Waals surface area (Å²) in [5.41, 5.74) is 6.72. The highest BCUT2D eigenvalue weighted by molar-refractivity contribution is 7.80. The number of thiocarbonyl (C=S) groups is 1. The molecule has 0 aliphatic rings. The number of hydrogen-bond acceptors (Lipinski definition) is 4. The smallest absolute Gasteiger partial charge is 0.261 e. The van der Waals surface area contributed by atoms with Gasteiger partial charge in [0.1, 0.15) is 11.8 Å². The second-order valence-corrected chi connectivity index (χ2v) is 7.11. The Hall–Kier alpha value is -3.13. The van der Waals surface area contributed by atoms with Crippen molar-refractivity contribution >= 4 is 29.1 Å². The highest BCUT2D eigenvalue weighted by Gasteiger charge is 2.24. The summed E-state index contributed by atoms with van der Waals surface area (Å²) in [6, 6.07) is 15.7. The highest BCUT2D eigenvalue weighted by Crippen LogP contribution is 2.12. The third-order valence-electron chi connectivity index (χ3n) is 4.18. The molecule has 0 aliphatic carbocycles. The van der Waals surface area contributed by atoms with Crippen molar-refractivity contribution in [2.45, 2.75) is 26.4 Å². The van der Waals surface area contributed by atoms with Gasteiger partial charge in [-0.1, -0.05) is 44.2 Å². The maximum Gasteiger partial charge on any atom is 0.261 e. The normalized spacial score (nSPS) is 11.3. The molecular weight excluding hydrogens is 388 g/mol. The number of carbonyl (C=O) groups excluding carboxylic acids is 2. The lowest BCUT2D eigenvalue weighted by Gasteiger charge is -2.22. The summed E-state index contributed by atoms with van der Waals surface area (Å²) < 4.78 is 5.09. The molecule has 2 amide bonds. The van der Waals surface area contributed by atoms with Crippen LogP contribution in [0.4, 0.5) is 0 Å². The Balaban J connectivity index is 1.86. The van der Waals surface area contributed by atoms with Crippen LogP contribution >= 0.6 is 12.2 Å². The van der Waals surface area contributed by atoms with Crippen molar-refractivity contribution in [3.63, 3.8) is 0 Å². The number of hydrogen-bond donors (Lipinski definition) is 4. The largest absolute Gasteiger partial charge is 0.497 e. The van der Waals surface area contributed by atoms with E-state index in [9.17, 15) is 9.59 Å². The van der Waals surface area contributed by atoms with Crippen LogP contribution in [0.25, 0.3) is 0 Å². The molecule has 0 aliphatic heterocycles. The predicted molar refractivity (Wildman–Crippen MR) is 116 cm³/mol. The van der Waals surface area contributed by atoms with Crippen molar-refractivity contribution in [2.24, 2.45) is 5.92 Å². The van der Waals surface area contributed by atoms with Crippen molar-refractivity contribution in [3.05, 3.63) is 65.7 Å². The van der Waals surface area contributed by atoms with Gasteiger partial charge in [0.25, 0.3) is 11.8 Å². The van der Waals surface area contributed by atoms with E-state index in [1.54, 1.807) is 31.4 Å². The zero-order chi connectivity index (χ0) is 21.2. The van der Waals surface area contributed by atoms with Crippen LogP contribution in [0.15, 0.2) is 54.6 Å². The molecule has 0 saturated carbocycles. The van der Waals surface area contributed by atoms with Crippen LogP contribution in [-0.4, -0.2) is 30.1 Å². The molecule has 0 bridgehead atoms. The molecule has 8 heteroatoms. The van der Waals surface area contributed by atoms with Crippen LogP contribution in [-0.2, 0) is 11.3 Å². The fourth-order valence-corrected chi connectivity index (χ4v) is 2.64. The lowest BCUT2D eigenvalue weighted by molar-refractivity contribution is -0.124. The molecule has 0 unspecified atom stereocenters. The molecule has 1 atom stereocenters. The van der Waals surface area contributed by atoms with E-state index in [1.165, 1.54) is 0 Å². The van der Waals surface area contributed by atoms with E-state index in [0.29, 0.717) is 17.9 Å². The topological polar surface area (TPSA) is 91.5 Å². The Morgan fingerprint density at radius 2 is 1.66 bits per heavy atom. The molecular formula is C21H26N4O3S. The van der Waals surface area contributed by atoms with Crippen LogP contribution in [0.1, 0.15) is 29.8 Å². The summed E-state index contributed by atoms with van der Waals surface area (Å²) in [6.07, 6.45) is 0. The van der Waals surface area contributed by atoms with Gasteiger partial charge in [0.2, 0.25) is 0 Å². The minimum atomic E-state index is -0.728. The SMILES string of the molecule is COc1ccc(C(=O)N[C@H](C(=O)NNC(=S)NCc2ccccc2)C(C)C)cc1. The predicted octanol–water partition coefficient (Wildman–Crippen LogP) is 2.15. The van der Waals surface area contributed by atoms with Crippen molar-refractivity contribution in [2.75, 3.05) is 7.11 Å². The summed E-state index contributed by atoms with van der Waals surface area (Å²) in [5.74, 6) is -0.192. The van der Waals surface area contributed by atoms with E-state index in [2.05, 4.69) is 21.5 Å². The first kappa shape index (κ1) is 22.2. The molecule has 0 spiro atoms. The standard InChI is InChI=1S/C21H26N4O3S/c1-14(2)18(23-19(26)16-9-11-17(28-3)12-10-16)20(27)24-25-21(29)22-13-15-7-5-4-6-8-15/h4-12,14,18H,13H2,1-3H3,(H,23,26)(H,24,27)(H2,22,25,29)/t18-/m0/s1. The van der Waals surface area contributed by atoms with Gasteiger partial charge in [-0.3, -0.25) is 20.4 Å². The second-order valence-electron chi connectivity index (χ2n) is 6.71. The van der Waals surface area contributed by atoms with Gasteiger partial charge in [-0.2, -0.15) is 0 Å². The summed E-state index contributed by atoms with van der Waals surface area (Å²) in [6.45, 7) is 4.24. The number of methoxy groups -OCH3 is 1. The minimum absolute atomic E-state index is 0.121. The Labute approximate surface area is 176 Å². The van der Waals surface area contributed by atoms with Crippen LogP contribution in [0.3, 0.4) is 0 Å². The maximum absolute atomic E-state index is 12.5. The van der Waals surface area contributed by atoms with Crippen molar-refractivity contribution in [1.29, 1.82) is 0 Å². The van der Waals surface area contributed by atoms with E-state index < -0.39 is 6.04 Å². The molecule has 0 saturated heterocycles. The molecule has 0 aromatic heterocycles. The summed E-state index contributed by atoms with van der Waals surface area (Å²) >= 11 is 5.18. The van der Waals surface area contributed by atoms with E-state index in [-0.39, 0.29) is 22.8 Å². The maximum atomic E-state index is 12.5. The summed E-state index contributed by atoms with van der Waals surface area (Å²) in [7, 11) is 1.56. The quantitative estimate of drug-likeness (QED) is 0.410. The van der Waals surface area contributed by atoms with Crippen molar-refractivity contribution in [3.8, 4) is 5.75 Å².